The number of nitrogens with one attached hydrogen (secondary N) is 1. The van der Waals surface area contributed by atoms with Crippen LogP contribution in [-0.2, 0) is 11.3 Å². The molecule has 2 aromatic heterocycles. The molecule has 0 atom stereocenters. The van der Waals surface area contributed by atoms with E-state index in [1.54, 1.807) is 4.68 Å². The highest BCUT2D eigenvalue weighted by Gasteiger charge is 2.35. The van der Waals surface area contributed by atoms with E-state index in [-0.39, 0.29) is 16.8 Å². The van der Waals surface area contributed by atoms with Gasteiger partial charge in [0.05, 0.1) is 10.9 Å². The molecule has 1 fully saturated rings. The molecule has 0 unspecified atom stereocenters. The van der Waals surface area contributed by atoms with E-state index in [0.29, 0.717) is 42.3 Å². The van der Waals surface area contributed by atoms with Crippen LogP contribution >= 0.6 is 11.6 Å². The van der Waals surface area contributed by atoms with E-state index in [0.717, 1.165) is 0 Å². The van der Waals surface area contributed by atoms with E-state index in [4.69, 9.17) is 11.6 Å². The van der Waals surface area contributed by atoms with E-state index in [2.05, 4.69) is 25.6 Å². The predicted molar refractivity (Wildman–Crippen MR) is 94.5 cm³/mol. The number of fused-ring (bicyclic) bond motifs is 1. The molecule has 3 aromatic rings. The lowest BCUT2D eigenvalue weighted by Crippen LogP contribution is -2.52. The maximum absolute atomic E-state index is 13.2. The molecule has 1 aromatic carbocycles. The third-order valence-corrected chi connectivity index (χ3v) is 4.61. The van der Waals surface area contributed by atoms with Crippen LogP contribution < -0.4 is 10.2 Å². The molecule has 0 saturated carbocycles. The van der Waals surface area contributed by atoms with Crippen molar-refractivity contribution >= 4 is 40.2 Å². The van der Waals surface area contributed by atoms with Gasteiger partial charge in [0, 0.05) is 25.3 Å². The van der Waals surface area contributed by atoms with Crippen molar-refractivity contribution in [1.82, 2.24) is 25.0 Å². The van der Waals surface area contributed by atoms with Crippen LogP contribution in [0.5, 0.6) is 0 Å². The molecule has 1 aliphatic rings. The summed E-state index contributed by atoms with van der Waals surface area (Å²) in [6.07, 6.45) is 1.47. The number of aryl methyl sites for hydroxylation is 1. The van der Waals surface area contributed by atoms with Gasteiger partial charge in [0.15, 0.2) is 17.0 Å². The number of hydrogen-bond donors (Lipinski definition) is 1. The maximum atomic E-state index is 13.2. The van der Waals surface area contributed by atoms with Gasteiger partial charge in [-0.1, -0.05) is 16.8 Å². The highest BCUT2D eigenvalue weighted by Crippen LogP contribution is 2.28. The van der Waals surface area contributed by atoms with Gasteiger partial charge in [-0.3, -0.25) is 4.79 Å². The Morgan fingerprint density at radius 1 is 1.38 bits per heavy atom. The van der Waals surface area contributed by atoms with Gasteiger partial charge in [-0.25, -0.2) is 19.0 Å². The largest absolute Gasteiger partial charge is 0.353 e. The molecular weight excluding hydrogens is 361 g/mol. The van der Waals surface area contributed by atoms with Crippen LogP contribution in [0, 0.1) is 11.7 Å². The van der Waals surface area contributed by atoms with Crippen molar-refractivity contribution in [3.05, 3.63) is 35.4 Å². The molecule has 8 nitrogen and oxygen atoms in total. The highest BCUT2D eigenvalue weighted by atomic mass is 35.5. The smallest absolute Gasteiger partial charge is 0.231 e. The molecule has 0 radical (unpaired) electrons. The Morgan fingerprint density at radius 3 is 2.92 bits per heavy atom. The van der Waals surface area contributed by atoms with Gasteiger partial charge in [-0.05, 0) is 25.1 Å². The summed E-state index contributed by atoms with van der Waals surface area (Å²) in [6.45, 7) is 3.64. The third-order valence-electron chi connectivity index (χ3n) is 4.32. The third kappa shape index (κ3) is 2.84. The van der Waals surface area contributed by atoms with Gasteiger partial charge in [0.1, 0.15) is 12.1 Å². The van der Waals surface area contributed by atoms with E-state index in [1.165, 1.54) is 24.5 Å². The lowest BCUT2D eigenvalue weighted by Gasteiger charge is -2.38. The van der Waals surface area contributed by atoms with Crippen LogP contribution in [0.1, 0.15) is 6.92 Å². The molecule has 0 bridgehead atoms. The van der Waals surface area contributed by atoms with E-state index in [9.17, 15) is 9.18 Å². The van der Waals surface area contributed by atoms with Gasteiger partial charge >= 0.3 is 0 Å². The molecule has 1 N–H and O–H groups in total. The summed E-state index contributed by atoms with van der Waals surface area (Å²) in [6, 6.07) is 4.09. The summed E-state index contributed by atoms with van der Waals surface area (Å²) in [5, 5.41) is 10.9. The van der Waals surface area contributed by atoms with Crippen LogP contribution in [-0.4, -0.2) is 44.0 Å². The predicted octanol–water partition coefficient (Wildman–Crippen LogP) is 2.11. The van der Waals surface area contributed by atoms with Gasteiger partial charge < -0.3 is 10.2 Å². The van der Waals surface area contributed by atoms with E-state index < -0.39 is 5.82 Å². The number of rotatable bonds is 4. The Hall–Kier alpha value is -2.81. The number of halogens is 2. The fourth-order valence-corrected chi connectivity index (χ4v) is 3.04. The zero-order valence-corrected chi connectivity index (χ0v) is 14.6. The Balaban J connectivity index is 1.44. The van der Waals surface area contributed by atoms with Crippen molar-refractivity contribution in [3.8, 4) is 0 Å². The second-order valence-electron chi connectivity index (χ2n) is 5.99. The lowest BCUT2D eigenvalue weighted by molar-refractivity contribution is -0.120. The van der Waals surface area contributed by atoms with Crippen LogP contribution in [0.2, 0.25) is 5.02 Å². The second-order valence-corrected chi connectivity index (χ2v) is 6.40. The van der Waals surface area contributed by atoms with Crippen LogP contribution in [0.4, 0.5) is 15.9 Å². The summed E-state index contributed by atoms with van der Waals surface area (Å²) in [5.41, 5.74) is 1.76. The fraction of sp³-hybridized carbons (Fsp3) is 0.312. The topological polar surface area (TPSA) is 88.8 Å². The molecule has 1 amide bonds. The number of benzene rings is 1. The summed E-state index contributed by atoms with van der Waals surface area (Å²) < 4.78 is 14.9. The number of hydrogen-bond acceptors (Lipinski definition) is 6. The average molecular weight is 376 g/mol. The standard InChI is InChI=1S/C16H15ClFN7O/c1-2-25-15-13(22-23-25)14(19-8-20-15)24-6-9(7-24)16(26)21-10-3-4-12(18)11(17)5-10/h3-5,8-9H,2,6-7H2,1H3,(H,21,26). The Labute approximate surface area is 153 Å². The van der Waals surface area contributed by atoms with Crippen molar-refractivity contribution in [1.29, 1.82) is 0 Å². The minimum atomic E-state index is -0.521. The Kier molecular flexibility index (Phi) is 4.15. The molecular formula is C16H15ClFN7O. The lowest BCUT2D eigenvalue weighted by atomic mass is 9.99. The Bertz CT molecular complexity index is 986. The van der Waals surface area contributed by atoms with Crippen molar-refractivity contribution < 1.29 is 9.18 Å². The van der Waals surface area contributed by atoms with E-state index in [1.807, 2.05) is 11.8 Å². The second kappa shape index (κ2) is 6.49. The number of carbonyl (C=O) groups is 1. The van der Waals surface area contributed by atoms with Crippen molar-refractivity contribution in [2.45, 2.75) is 13.5 Å². The van der Waals surface area contributed by atoms with Gasteiger partial charge in [-0.15, -0.1) is 5.10 Å². The normalized spacial score (nSPS) is 14.5. The first-order valence-corrected chi connectivity index (χ1v) is 8.49. The number of amides is 1. The molecule has 4 rings (SSSR count). The first-order valence-electron chi connectivity index (χ1n) is 8.12. The van der Waals surface area contributed by atoms with E-state index >= 15 is 0 Å². The quantitative estimate of drug-likeness (QED) is 0.751. The van der Waals surface area contributed by atoms with Crippen LogP contribution in [0.15, 0.2) is 24.5 Å². The van der Waals surface area contributed by atoms with Gasteiger partial charge in [0.2, 0.25) is 5.91 Å². The molecule has 3 heterocycles. The number of nitrogens with zero attached hydrogens (tertiary/aromatic N) is 6. The molecule has 10 heteroatoms. The molecule has 1 aliphatic heterocycles. The summed E-state index contributed by atoms with van der Waals surface area (Å²) in [4.78, 5) is 22.8. The summed E-state index contributed by atoms with van der Waals surface area (Å²) >= 11 is 5.73. The monoisotopic (exact) mass is 375 g/mol. The minimum Gasteiger partial charge on any atom is -0.353 e. The first kappa shape index (κ1) is 16.6. The average Bonchev–Trinajstić information content (AvgIpc) is 3.01. The molecule has 26 heavy (non-hydrogen) atoms. The molecule has 0 aliphatic carbocycles. The van der Waals surface area contributed by atoms with Crippen LogP contribution in [0.25, 0.3) is 11.2 Å². The molecule has 0 spiro atoms. The summed E-state index contributed by atoms with van der Waals surface area (Å²) in [5.74, 6) is -0.201. The number of carbonyl (C=O) groups excluding carboxylic acids is 1. The zero-order valence-electron chi connectivity index (χ0n) is 13.9. The van der Waals surface area contributed by atoms with Crippen molar-refractivity contribution in [2.24, 2.45) is 5.92 Å². The summed E-state index contributed by atoms with van der Waals surface area (Å²) in [7, 11) is 0. The molecule has 134 valence electrons. The fourth-order valence-electron chi connectivity index (χ4n) is 2.86. The maximum Gasteiger partial charge on any atom is 0.231 e. The number of anilines is 2. The Morgan fingerprint density at radius 2 is 2.19 bits per heavy atom. The van der Waals surface area contributed by atoms with Gasteiger partial charge in [-0.2, -0.15) is 0 Å². The molecule has 1 saturated heterocycles. The first-order chi connectivity index (χ1) is 12.6. The SMILES string of the molecule is CCn1nnc2c(N3CC(C(=O)Nc4ccc(F)c(Cl)c4)C3)ncnc21. The van der Waals surface area contributed by atoms with Crippen molar-refractivity contribution in [3.63, 3.8) is 0 Å². The number of aromatic nitrogens is 5. The van der Waals surface area contributed by atoms with Crippen molar-refractivity contribution in [2.75, 3.05) is 23.3 Å². The zero-order chi connectivity index (χ0) is 18.3. The highest BCUT2D eigenvalue weighted by molar-refractivity contribution is 6.31. The van der Waals surface area contributed by atoms with Gasteiger partial charge in [0.25, 0.3) is 0 Å². The van der Waals surface area contributed by atoms with Crippen LogP contribution in [0.3, 0.4) is 0 Å². The minimum absolute atomic E-state index is 0.0274.